The molecular formula is C12H22N4O. The fourth-order valence-corrected chi connectivity index (χ4v) is 1.50. The Morgan fingerprint density at radius 1 is 1.59 bits per heavy atom. The van der Waals surface area contributed by atoms with E-state index >= 15 is 0 Å². The molecule has 5 nitrogen and oxygen atoms in total. The number of aromatic nitrogens is 2. The molecule has 0 unspecified atom stereocenters. The molecule has 0 aromatic carbocycles. The first-order valence-electron chi connectivity index (χ1n) is 5.91. The Balaban J connectivity index is 2.19. The minimum absolute atomic E-state index is 0.0608. The number of rotatable bonds is 6. The van der Waals surface area contributed by atoms with E-state index in [2.05, 4.69) is 10.4 Å². The highest BCUT2D eigenvalue weighted by Crippen LogP contribution is 2.06. The zero-order valence-corrected chi connectivity index (χ0v) is 10.9. The maximum atomic E-state index is 11.5. The van der Waals surface area contributed by atoms with Crippen LogP contribution in [0.3, 0.4) is 0 Å². The van der Waals surface area contributed by atoms with Gasteiger partial charge in [0.15, 0.2) is 0 Å². The van der Waals surface area contributed by atoms with Crippen LogP contribution < -0.4 is 11.1 Å². The molecule has 0 radical (unpaired) electrons. The standard InChI is InChI=1S/C12H22N4O/c1-12(2,13)7-4-11(17)14-8-5-10-6-9-15-16(10)3/h6,9H,4-5,7-8,13H2,1-3H3,(H,14,17). The van der Waals surface area contributed by atoms with Crippen LogP contribution in [0.1, 0.15) is 32.4 Å². The average molecular weight is 238 g/mol. The van der Waals surface area contributed by atoms with Crippen molar-refractivity contribution in [3.05, 3.63) is 18.0 Å². The molecule has 1 rings (SSSR count). The van der Waals surface area contributed by atoms with E-state index in [0.29, 0.717) is 19.4 Å². The minimum atomic E-state index is -0.278. The number of carbonyl (C=O) groups is 1. The Morgan fingerprint density at radius 3 is 2.82 bits per heavy atom. The van der Waals surface area contributed by atoms with Crippen molar-refractivity contribution in [2.24, 2.45) is 12.8 Å². The molecular weight excluding hydrogens is 216 g/mol. The number of hydrogen-bond acceptors (Lipinski definition) is 3. The minimum Gasteiger partial charge on any atom is -0.356 e. The van der Waals surface area contributed by atoms with E-state index in [1.807, 2.05) is 31.6 Å². The predicted octanol–water partition coefficient (Wildman–Crippen LogP) is 0.596. The third-order valence-corrected chi connectivity index (χ3v) is 2.62. The molecule has 1 aromatic heterocycles. The molecule has 0 aliphatic heterocycles. The van der Waals surface area contributed by atoms with Gasteiger partial charge in [-0.05, 0) is 26.3 Å². The Bertz CT molecular complexity index is 365. The van der Waals surface area contributed by atoms with Crippen molar-refractivity contribution >= 4 is 5.91 Å². The molecule has 5 heteroatoms. The van der Waals surface area contributed by atoms with Crippen LogP contribution in [-0.2, 0) is 18.3 Å². The molecule has 96 valence electrons. The third-order valence-electron chi connectivity index (χ3n) is 2.62. The molecule has 1 amide bonds. The molecule has 0 aliphatic carbocycles. The zero-order valence-electron chi connectivity index (χ0n) is 10.9. The summed E-state index contributed by atoms with van der Waals surface area (Å²) in [5, 5.41) is 6.96. The molecule has 3 N–H and O–H groups in total. The Morgan fingerprint density at radius 2 is 2.29 bits per heavy atom. The van der Waals surface area contributed by atoms with Crippen molar-refractivity contribution in [3.63, 3.8) is 0 Å². The van der Waals surface area contributed by atoms with Crippen LogP contribution >= 0.6 is 0 Å². The molecule has 0 spiro atoms. The summed E-state index contributed by atoms with van der Waals surface area (Å²) in [6.45, 7) is 4.50. The summed E-state index contributed by atoms with van der Waals surface area (Å²) in [6.07, 6.45) is 3.74. The van der Waals surface area contributed by atoms with Crippen LogP contribution in [0.2, 0.25) is 0 Å². The molecule has 0 bridgehead atoms. The van der Waals surface area contributed by atoms with Gasteiger partial charge in [0.05, 0.1) is 0 Å². The predicted molar refractivity (Wildman–Crippen MR) is 67.4 cm³/mol. The van der Waals surface area contributed by atoms with Gasteiger partial charge >= 0.3 is 0 Å². The summed E-state index contributed by atoms with van der Waals surface area (Å²) in [5.74, 6) is 0.0608. The van der Waals surface area contributed by atoms with Gasteiger partial charge in [0, 0.05) is 43.9 Å². The Hall–Kier alpha value is -1.36. The second kappa shape index (κ2) is 5.82. The number of carbonyl (C=O) groups excluding carboxylic acids is 1. The average Bonchev–Trinajstić information content (AvgIpc) is 2.61. The lowest BCUT2D eigenvalue weighted by molar-refractivity contribution is -0.121. The SMILES string of the molecule is Cn1nccc1CCNC(=O)CCC(C)(C)N. The van der Waals surface area contributed by atoms with Gasteiger partial charge in [0.2, 0.25) is 5.91 Å². The van der Waals surface area contributed by atoms with E-state index < -0.39 is 0 Å². The van der Waals surface area contributed by atoms with E-state index in [4.69, 9.17) is 5.73 Å². The van der Waals surface area contributed by atoms with Crippen molar-refractivity contribution in [2.75, 3.05) is 6.54 Å². The number of amides is 1. The molecule has 1 heterocycles. The third kappa shape index (κ3) is 5.49. The second-order valence-corrected chi connectivity index (χ2v) is 5.03. The van der Waals surface area contributed by atoms with Crippen molar-refractivity contribution in [2.45, 2.75) is 38.6 Å². The topological polar surface area (TPSA) is 72.9 Å². The van der Waals surface area contributed by atoms with E-state index in [9.17, 15) is 4.79 Å². The van der Waals surface area contributed by atoms with E-state index in [1.54, 1.807) is 6.20 Å². The van der Waals surface area contributed by atoms with E-state index in [0.717, 1.165) is 12.1 Å². The molecule has 17 heavy (non-hydrogen) atoms. The van der Waals surface area contributed by atoms with Crippen molar-refractivity contribution in [1.29, 1.82) is 0 Å². The van der Waals surface area contributed by atoms with Gasteiger partial charge in [-0.25, -0.2) is 0 Å². The number of nitrogens with zero attached hydrogens (tertiary/aromatic N) is 2. The molecule has 0 saturated heterocycles. The van der Waals surface area contributed by atoms with Crippen LogP contribution in [0.4, 0.5) is 0 Å². The lowest BCUT2D eigenvalue weighted by atomic mass is 10.00. The first-order chi connectivity index (χ1) is 7.88. The van der Waals surface area contributed by atoms with Gasteiger partial charge in [-0.2, -0.15) is 5.10 Å². The number of aryl methyl sites for hydroxylation is 1. The maximum Gasteiger partial charge on any atom is 0.220 e. The van der Waals surface area contributed by atoms with Crippen LogP contribution in [0.25, 0.3) is 0 Å². The van der Waals surface area contributed by atoms with Gasteiger partial charge in [-0.1, -0.05) is 0 Å². The van der Waals surface area contributed by atoms with Crippen molar-refractivity contribution < 1.29 is 4.79 Å². The summed E-state index contributed by atoms with van der Waals surface area (Å²) in [5.41, 5.74) is 6.65. The zero-order chi connectivity index (χ0) is 12.9. The largest absolute Gasteiger partial charge is 0.356 e. The lowest BCUT2D eigenvalue weighted by Crippen LogP contribution is -2.34. The summed E-state index contributed by atoms with van der Waals surface area (Å²) in [6, 6.07) is 1.95. The smallest absolute Gasteiger partial charge is 0.220 e. The second-order valence-electron chi connectivity index (χ2n) is 5.03. The van der Waals surface area contributed by atoms with Crippen molar-refractivity contribution in [3.8, 4) is 0 Å². The molecule has 0 fully saturated rings. The highest BCUT2D eigenvalue weighted by atomic mass is 16.1. The Kier molecular flexibility index (Phi) is 4.69. The summed E-state index contributed by atoms with van der Waals surface area (Å²) in [7, 11) is 1.90. The van der Waals surface area contributed by atoms with E-state index in [1.165, 1.54) is 0 Å². The summed E-state index contributed by atoms with van der Waals surface area (Å²) >= 11 is 0. The van der Waals surface area contributed by atoms with Crippen LogP contribution in [-0.4, -0.2) is 27.8 Å². The first kappa shape index (κ1) is 13.7. The first-order valence-corrected chi connectivity index (χ1v) is 5.91. The highest BCUT2D eigenvalue weighted by molar-refractivity contribution is 5.75. The normalized spacial score (nSPS) is 11.5. The lowest BCUT2D eigenvalue weighted by Gasteiger charge is -2.17. The van der Waals surface area contributed by atoms with Crippen LogP contribution in [0.5, 0.6) is 0 Å². The van der Waals surface area contributed by atoms with E-state index in [-0.39, 0.29) is 11.4 Å². The fourth-order valence-electron chi connectivity index (χ4n) is 1.50. The fraction of sp³-hybridized carbons (Fsp3) is 0.667. The Labute approximate surface area is 102 Å². The van der Waals surface area contributed by atoms with Gasteiger partial charge in [-0.3, -0.25) is 9.48 Å². The van der Waals surface area contributed by atoms with Gasteiger partial charge in [0.1, 0.15) is 0 Å². The summed E-state index contributed by atoms with van der Waals surface area (Å²) in [4.78, 5) is 11.5. The molecule has 0 aliphatic rings. The van der Waals surface area contributed by atoms with Gasteiger partial charge in [-0.15, -0.1) is 0 Å². The maximum absolute atomic E-state index is 11.5. The number of hydrogen-bond donors (Lipinski definition) is 2. The monoisotopic (exact) mass is 238 g/mol. The molecule has 1 aromatic rings. The summed E-state index contributed by atoms with van der Waals surface area (Å²) < 4.78 is 1.81. The van der Waals surface area contributed by atoms with Crippen molar-refractivity contribution in [1.82, 2.24) is 15.1 Å². The number of nitrogens with two attached hydrogens (primary N) is 1. The molecule has 0 saturated carbocycles. The van der Waals surface area contributed by atoms with Crippen LogP contribution in [0.15, 0.2) is 12.3 Å². The van der Waals surface area contributed by atoms with Gasteiger partial charge < -0.3 is 11.1 Å². The molecule has 0 atom stereocenters. The van der Waals surface area contributed by atoms with Gasteiger partial charge in [0.25, 0.3) is 0 Å². The number of nitrogens with one attached hydrogen (secondary N) is 1. The quantitative estimate of drug-likeness (QED) is 0.762. The highest BCUT2D eigenvalue weighted by Gasteiger charge is 2.12. The van der Waals surface area contributed by atoms with Crippen LogP contribution in [0, 0.1) is 0 Å².